The number of rotatable bonds is 9. The van der Waals surface area contributed by atoms with Crippen molar-refractivity contribution in [3.63, 3.8) is 0 Å². The largest absolute Gasteiger partial charge is 0.308 e. The molecule has 14 rings (SSSR count). The van der Waals surface area contributed by atoms with E-state index in [1.165, 1.54) is 55.3 Å². The fourth-order valence-electron chi connectivity index (χ4n) is 11.8. The van der Waals surface area contributed by atoms with Crippen molar-refractivity contribution in [3.05, 3.63) is 289 Å². The summed E-state index contributed by atoms with van der Waals surface area (Å²) in [5.41, 5.74) is 22.7. The van der Waals surface area contributed by atoms with Crippen molar-refractivity contribution in [2.75, 3.05) is 0 Å². The molecule has 13 aromatic rings. The van der Waals surface area contributed by atoms with Gasteiger partial charge in [0.1, 0.15) is 0 Å². The maximum atomic E-state index is 5.36. The minimum atomic E-state index is -0.0689. The Bertz CT molecular complexity index is 4160. The summed E-state index contributed by atoms with van der Waals surface area (Å²) in [5.74, 6) is 1.89. The zero-order valence-corrected chi connectivity index (χ0v) is 43.8. The molecular weight excluding hydrogens is 945 g/mol. The van der Waals surface area contributed by atoms with Gasteiger partial charge in [-0.15, -0.1) is 0 Å². The predicted molar refractivity (Wildman–Crippen MR) is 324 cm³/mol. The molecule has 4 heteroatoms. The van der Waals surface area contributed by atoms with Gasteiger partial charge in [-0.3, -0.25) is 0 Å². The standard InChI is InChI=1S/C74H54N4/c1-74(2,3)58-41-43-67-66(47-58)61-42-40-56(69-62-30-18-16-28-59(62)60-29-17-19-31-63(60)69)46-68(61)78(67)70-64(52-36-32-50(33-37-52)48-20-8-4-9-21-48)44-57(45-65(70)53-38-34-51(35-39-53)49-22-10-5-11-23-49)73-76-71(54-24-12-6-13-25-54)75-72(77-73)55-26-14-7-15-27-55/h4-47,69H,1-3H3. The van der Waals surface area contributed by atoms with Gasteiger partial charge in [-0.2, -0.15) is 0 Å². The van der Waals surface area contributed by atoms with Crippen LogP contribution in [0.1, 0.15) is 48.9 Å². The average molecular weight is 999 g/mol. The first-order valence-corrected chi connectivity index (χ1v) is 26.9. The van der Waals surface area contributed by atoms with Crippen molar-refractivity contribution in [1.29, 1.82) is 0 Å². The number of hydrogen-bond donors (Lipinski definition) is 0. The molecule has 0 atom stereocenters. The maximum absolute atomic E-state index is 5.36. The number of aromatic nitrogens is 4. The van der Waals surface area contributed by atoms with E-state index < -0.39 is 0 Å². The molecule has 11 aromatic carbocycles. The van der Waals surface area contributed by atoms with E-state index in [-0.39, 0.29) is 11.3 Å². The molecule has 0 saturated carbocycles. The Morgan fingerprint density at radius 3 is 1.19 bits per heavy atom. The van der Waals surface area contributed by atoms with Gasteiger partial charge in [0.05, 0.1) is 16.7 Å². The monoisotopic (exact) mass is 998 g/mol. The third-order valence-corrected chi connectivity index (χ3v) is 15.7. The van der Waals surface area contributed by atoms with Crippen LogP contribution in [-0.4, -0.2) is 19.5 Å². The van der Waals surface area contributed by atoms with Gasteiger partial charge in [-0.1, -0.05) is 257 Å². The lowest BCUT2D eigenvalue weighted by Gasteiger charge is -2.22. The van der Waals surface area contributed by atoms with Gasteiger partial charge in [0.2, 0.25) is 0 Å². The molecule has 0 aliphatic heterocycles. The minimum Gasteiger partial charge on any atom is -0.308 e. The smallest absolute Gasteiger partial charge is 0.164 e. The lowest BCUT2D eigenvalue weighted by Crippen LogP contribution is -2.10. The summed E-state index contributed by atoms with van der Waals surface area (Å²) >= 11 is 0. The van der Waals surface area contributed by atoms with Crippen molar-refractivity contribution in [1.82, 2.24) is 19.5 Å². The summed E-state index contributed by atoms with van der Waals surface area (Å²) in [6.07, 6.45) is 0. The zero-order valence-electron chi connectivity index (χ0n) is 43.8. The first-order chi connectivity index (χ1) is 38.3. The van der Waals surface area contributed by atoms with E-state index in [4.69, 9.17) is 15.0 Å². The van der Waals surface area contributed by atoms with E-state index in [9.17, 15) is 0 Å². The topological polar surface area (TPSA) is 43.6 Å². The number of benzene rings is 11. The Morgan fingerprint density at radius 1 is 0.308 bits per heavy atom. The highest BCUT2D eigenvalue weighted by Crippen LogP contribution is 2.50. The molecule has 0 bridgehead atoms. The Kier molecular flexibility index (Phi) is 11.4. The molecule has 1 aliphatic carbocycles. The van der Waals surface area contributed by atoms with Gasteiger partial charge >= 0.3 is 0 Å². The minimum absolute atomic E-state index is 0.0669. The first-order valence-electron chi connectivity index (χ1n) is 26.9. The number of hydrogen-bond acceptors (Lipinski definition) is 3. The lowest BCUT2D eigenvalue weighted by molar-refractivity contribution is 0.591. The Hall–Kier alpha value is -9.77. The van der Waals surface area contributed by atoms with Crippen molar-refractivity contribution in [3.8, 4) is 95.5 Å². The third-order valence-electron chi connectivity index (χ3n) is 15.7. The summed E-state index contributed by atoms with van der Waals surface area (Å²) in [4.78, 5) is 15.9. The van der Waals surface area contributed by atoms with Crippen LogP contribution in [0, 0.1) is 0 Å². The molecule has 0 N–H and O–H groups in total. The van der Waals surface area contributed by atoms with E-state index in [1.54, 1.807) is 0 Å². The second-order valence-electron chi connectivity index (χ2n) is 21.5. The SMILES string of the molecule is CC(C)(C)c1ccc2c(c1)c1ccc(C3c4ccccc4-c4ccccc43)cc1n2-c1c(-c2ccc(-c3ccccc3)cc2)cc(-c2nc(-c3ccccc3)nc(-c3ccccc3)n2)cc1-c1ccc(-c2ccccc2)cc1. The van der Waals surface area contributed by atoms with Gasteiger partial charge in [0, 0.05) is 44.5 Å². The van der Waals surface area contributed by atoms with Crippen LogP contribution >= 0.6 is 0 Å². The van der Waals surface area contributed by atoms with Crippen LogP contribution in [0.15, 0.2) is 267 Å². The van der Waals surface area contributed by atoms with Crippen molar-refractivity contribution >= 4 is 21.8 Å². The maximum Gasteiger partial charge on any atom is 0.164 e. The lowest BCUT2D eigenvalue weighted by atomic mass is 9.86. The van der Waals surface area contributed by atoms with E-state index in [2.05, 4.69) is 256 Å². The second-order valence-corrected chi connectivity index (χ2v) is 21.5. The van der Waals surface area contributed by atoms with Gasteiger partial charge in [0.25, 0.3) is 0 Å². The van der Waals surface area contributed by atoms with Gasteiger partial charge < -0.3 is 4.57 Å². The fraction of sp³-hybridized carbons (Fsp3) is 0.0676. The quantitative estimate of drug-likeness (QED) is 0.145. The Labute approximate surface area is 455 Å². The van der Waals surface area contributed by atoms with E-state index >= 15 is 0 Å². The van der Waals surface area contributed by atoms with Crippen LogP contribution < -0.4 is 0 Å². The highest BCUT2D eigenvalue weighted by atomic mass is 15.0. The van der Waals surface area contributed by atoms with Crippen LogP contribution in [0.5, 0.6) is 0 Å². The molecule has 370 valence electrons. The second kappa shape index (κ2) is 19.1. The van der Waals surface area contributed by atoms with Gasteiger partial charge in [-0.25, -0.2) is 15.0 Å². The summed E-state index contributed by atoms with van der Waals surface area (Å²) in [5, 5.41) is 2.42. The fourth-order valence-corrected chi connectivity index (χ4v) is 11.8. The number of fused-ring (bicyclic) bond motifs is 6. The molecule has 0 spiro atoms. The molecule has 0 unspecified atom stereocenters. The van der Waals surface area contributed by atoms with Crippen LogP contribution in [0.4, 0.5) is 0 Å². The predicted octanol–water partition coefficient (Wildman–Crippen LogP) is 19.1. The molecule has 2 aromatic heterocycles. The van der Waals surface area contributed by atoms with Crippen LogP contribution in [0.25, 0.3) is 117 Å². The molecule has 0 saturated heterocycles. The van der Waals surface area contributed by atoms with Gasteiger partial charge in [0.15, 0.2) is 17.5 Å². The van der Waals surface area contributed by atoms with Crippen molar-refractivity contribution in [2.24, 2.45) is 0 Å². The molecule has 0 radical (unpaired) electrons. The highest BCUT2D eigenvalue weighted by molar-refractivity contribution is 6.11. The first kappa shape index (κ1) is 46.7. The van der Waals surface area contributed by atoms with Crippen molar-refractivity contribution < 1.29 is 0 Å². The van der Waals surface area contributed by atoms with Crippen LogP contribution in [0.2, 0.25) is 0 Å². The Balaban J connectivity index is 1.10. The van der Waals surface area contributed by atoms with Crippen molar-refractivity contribution in [2.45, 2.75) is 32.1 Å². The summed E-state index contributed by atoms with van der Waals surface area (Å²) in [6.45, 7) is 6.92. The molecular formula is C74H54N4. The summed E-state index contributed by atoms with van der Waals surface area (Å²) < 4.78 is 2.57. The zero-order chi connectivity index (χ0) is 52.3. The summed E-state index contributed by atoms with van der Waals surface area (Å²) in [7, 11) is 0. The molecule has 0 fully saturated rings. The third kappa shape index (κ3) is 8.30. The average Bonchev–Trinajstić information content (AvgIpc) is 4.20. The molecule has 78 heavy (non-hydrogen) atoms. The molecule has 2 heterocycles. The van der Waals surface area contributed by atoms with Gasteiger partial charge in [-0.05, 0) is 103 Å². The molecule has 0 amide bonds. The normalized spacial score (nSPS) is 12.2. The van der Waals surface area contributed by atoms with Crippen LogP contribution in [-0.2, 0) is 5.41 Å². The van der Waals surface area contributed by atoms with E-state index in [0.717, 1.165) is 66.8 Å². The van der Waals surface area contributed by atoms with E-state index in [0.29, 0.717) is 17.5 Å². The Morgan fingerprint density at radius 2 is 0.718 bits per heavy atom. The van der Waals surface area contributed by atoms with E-state index in [1.807, 2.05) is 36.4 Å². The number of nitrogens with zero attached hydrogens (tertiary/aromatic N) is 4. The molecule has 1 aliphatic rings. The molecule has 4 nitrogen and oxygen atoms in total. The highest BCUT2D eigenvalue weighted by Gasteiger charge is 2.31. The van der Waals surface area contributed by atoms with Crippen LogP contribution in [0.3, 0.4) is 0 Å². The summed E-state index contributed by atoms with van der Waals surface area (Å²) in [6, 6.07) is 96.9.